The molecule has 0 radical (unpaired) electrons. The molecule has 7 atom stereocenters. The number of piperazine rings is 2. The smallest absolute Gasteiger partial charge is 0.211 e. The number of alkyl halides is 3. The van der Waals surface area contributed by atoms with Gasteiger partial charge in [0.25, 0.3) is 0 Å². The molecular weight excluding hydrogens is 2280 g/mol. The lowest BCUT2D eigenvalue weighted by Gasteiger charge is -2.38. The number of nitrogens with one attached hydrogen (secondary N) is 2. The standard InChI is InChI=1S/C16H20ClN5.C12H12Cl2N2O.C11H11Cl2N3O.3C11H9Cl2N3.C8H3Cl3N2.C5H12N2.C3H9NO.2C2H6O.CHCl3.2CH4.Cl2OS.H2/c1-11-10-22-14-9-12(17)3-4-13(14)19-15(16(22)18-11)21-7-5-20(2)6-8-21;1-7(6-17)4-11-12(14)16-9-3-2-8(13)5-10(9)15-11;1-6(5-17)14-11-10(13)15-9-4-7(12)2-3-8(9)16-11;1-6-5-16-9-3-2-7(12)4-8(9)15-10(13)11(16)14-6;2*1-6-5-16-9-4-7(12)2-3-8(9)15-10(13)11(16)14-6;9-4-1-2-5-6(3-4)13-8(11)7(10)12-5;1-7-4-2-6-3-5-7;1-3(4)2-5;2*1-2-3;2-1(3)4;;;1-4(2)3;/h3-4,9,11H,5-8,10H2,1-2H3;2-3,5,7,17H,4,6H2,1H3;2-4,6,17H,5H2,1H3,(H,14,16);3*2-4,6H,5H2,1H3;1-3H;6H,2-5H2,1H3;3,5H,2,4H2,1H3;2*3H,2H2,1H3;1H;2*1H4;;1H/i;;;;;;;;;;;;;;;1+1D. The first-order valence-electron chi connectivity index (χ1n) is 45.4. The Balaban J connectivity index is 0.000000289. The highest BCUT2D eigenvalue weighted by atomic mass is 36.0. The first kappa shape index (κ1) is 126. The molecule has 0 aliphatic carbocycles. The number of halogens is 19. The Hall–Kier alpha value is -5.98. The molecule has 0 saturated carbocycles. The minimum Gasteiger partial charge on any atom is -0.397 e. The van der Waals surface area contributed by atoms with Gasteiger partial charge in [-0.15, -0.1) is 0 Å². The summed E-state index contributed by atoms with van der Waals surface area (Å²) < 4.78 is 18.3. The van der Waals surface area contributed by atoms with Crippen molar-refractivity contribution >= 4 is 357 Å². The van der Waals surface area contributed by atoms with Crippen LogP contribution < -0.4 is 36.0 Å². The zero-order valence-electron chi connectivity index (χ0n) is 81.2. The highest BCUT2D eigenvalue weighted by Gasteiger charge is 2.38. The number of aliphatic imine (C=N–C) groups is 8. The summed E-state index contributed by atoms with van der Waals surface area (Å²) in [6.07, 6.45) is 0.602. The highest BCUT2D eigenvalue weighted by molar-refractivity contribution is 8.26. The summed E-state index contributed by atoms with van der Waals surface area (Å²) in [4.78, 5) is 76.9. The molecular formula is C95H117Cl19N24O6S. The van der Waals surface area contributed by atoms with Crippen LogP contribution >= 0.6 is 219 Å². The molecule has 7 aromatic carbocycles. The number of benzene rings is 7. The normalized spacial score (nSPS) is 17.7. The molecule has 0 amide bonds. The summed E-state index contributed by atoms with van der Waals surface area (Å²) in [5, 5.41) is 54.4. The lowest BCUT2D eigenvalue weighted by atomic mass is 10.1. The van der Waals surface area contributed by atoms with Crippen molar-refractivity contribution in [1.29, 1.82) is 0 Å². The van der Waals surface area contributed by atoms with Crippen LogP contribution in [0.2, 0.25) is 55.8 Å². The van der Waals surface area contributed by atoms with Crippen molar-refractivity contribution in [1.82, 2.24) is 49.9 Å². The minimum absolute atomic E-state index is 0. The number of aliphatic hydroxyl groups excluding tert-OH is 5. The number of likely N-dealkylation sites (N-methyl/N-ethyl adjacent to an activating group) is 2. The topological polar surface area (TPSA) is 367 Å². The Kier molecular flexibility index (Phi) is 55.1. The fourth-order valence-corrected chi connectivity index (χ4v) is 16.6. The fourth-order valence-electron chi connectivity index (χ4n) is 14.0. The second-order valence-corrected chi connectivity index (χ2v) is 42.7. The van der Waals surface area contributed by atoms with Crippen LogP contribution in [0, 0.1) is 5.92 Å². The van der Waals surface area contributed by atoms with Crippen LogP contribution in [0.4, 0.5) is 51.3 Å². The van der Waals surface area contributed by atoms with Crippen LogP contribution in [0.1, 0.15) is 85.8 Å². The molecule has 7 unspecified atom stereocenters. The molecule has 20 rings (SSSR count). The van der Waals surface area contributed by atoms with Gasteiger partial charge in [0.15, 0.2) is 75.4 Å². The van der Waals surface area contributed by atoms with E-state index in [-0.39, 0.29) is 106 Å². The molecule has 13 heterocycles. The van der Waals surface area contributed by atoms with Gasteiger partial charge in [-0.2, -0.15) is 0 Å². The van der Waals surface area contributed by atoms with E-state index in [2.05, 4.69) is 168 Å². The van der Waals surface area contributed by atoms with Gasteiger partial charge in [0, 0.05) is 170 Å². The third-order valence-corrected chi connectivity index (χ3v) is 24.0. The molecule has 9 N–H and O–H groups in total. The number of fused-ring (bicyclic) bond motifs is 15. The number of nitrogens with zero attached hydrogens (tertiary/aromatic N) is 21. The monoisotopic (exact) mass is 2390 g/mol. The number of amidine groups is 5. The predicted molar refractivity (Wildman–Crippen MR) is 625 cm³/mol. The number of hydrogen-bond acceptors (Lipinski definition) is 30. The fraction of sp³-hybridized carbons (Fsp3) is 0.411. The second-order valence-electron chi connectivity index (χ2n) is 32.6. The van der Waals surface area contributed by atoms with Gasteiger partial charge in [0.2, 0.25) is 9.23 Å². The van der Waals surface area contributed by atoms with Gasteiger partial charge in [-0.05, 0) is 209 Å². The van der Waals surface area contributed by atoms with Crippen molar-refractivity contribution in [3.8, 4) is 0 Å². The van der Waals surface area contributed by atoms with Crippen LogP contribution in [-0.4, -0.2) is 285 Å². The molecule has 10 aliphatic heterocycles. The summed E-state index contributed by atoms with van der Waals surface area (Å²) in [7, 11) is 11.7. The van der Waals surface area contributed by atoms with Crippen molar-refractivity contribution in [2.75, 3.05) is 151 Å². The molecule has 145 heavy (non-hydrogen) atoms. The van der Waals surface area contributed by atoms with Crippen LogP contribution in [0.25, 0.3) is 33.1 Å². The quantitative estimate of drug-likeness (QED) is 0.0543. The summed E-state index contributed by atoms with van der Waals surface area (Å²) in [5.41, 5.74) is 17.4. The Morgan fingerprint density at radius 1 is 0.414 bits per heavy atom. The molecule has 792 valence electrons. The molecule has 0 bridgehead atoms. The van der Waals surface area contributed by atoms with Crippen LogP contribution in [0.3, 0.4) is 0 Å². The molecule has 3 aromatic heterocycles. The Morgan fingerprint density at radius 2 is 0.731 bits per heavy atom. The molecule has 30 nitrogen and oxygen atoms in total. The van der Waals surface area contributed by atoms with E-state index in [4.69, 9.17) is 246 Å². The number of rotatable bonds is 7. The number of aliphatic hydroxyl groups is 5. The maximum absolute atomic E-state index is 9.09. The van der Waals surface area contributed by atoms with E-state index in [0.29, 0.717) is 90.8 Å². The molecule has 0 spiro atoms. The average Bonchev–Trinajstić information content (AvgIpc) is 1.63. The lowest BCUT2D eigenvalue weighted by Crippen LogP contribution is -2.52. The Labute approximate surface area is 945 Å². The van der Waals surface area contributed by atoms with Crippen molar-refractivity contribution in [3.05, 3.63) is 189 Å². The van der Waals surface area contributed by atoms with Gasteiger partial charge in [0.05, 0.1) is 122 Å². The maximum atomic E-state index is 9.09. The van der Waals surface area contributed by atoms with Gasteiger partial charge >= 0.3 is 0 Å². The van der Waals surface area contributed by atoms with Crippen molar-refractivity contribution < 1.29 is 32.7 Å². The van der Waals surface area contributed by atoms with Crippen molar-refractivity contribution in [2.24, 2.45) is 51.6 Å². The lowest BCUT2D eigenvalue weighted by molar-refractivity contribution is 0.217. The van der Waals surface area contributed by atoms with E-state index >= 15 is 0 Å². The Bertz CT molecular complexity index is 6140. The number of anilines is 5. The van der Waals surface area contributed by atoms with E-state index in [1.165, 1.54) is 13.1 Å². The SMILES string of the molecule is C.C.CC(CO)Cc1nc2cc(Cl)ccc2nc1Cl.CC(CO)Nc1nc2ccc(Cl)cc2nc1Cl.CC(N)CO.CC1CN2C(=N1)C(Cl)=Nc1cc(Cl)ccc12.CC1CN2C(=N1)C(Cl)=Nc1ccc(Cl)cc12.CC1CN2C(=N1)C(Cl)=Nc1ccc(Cl)cc12.CC1CN2C(=N1)C(N1CCN(C)CC1)=Nc1ccc(Cl)cc12.CCO.CCO.CN1CCNCC1.ClC(Cl)Cl.Clc1ccc2nc(Cl)c(Cl)nc2c1.O=S(Cl)Cl.[2H][2H]. The zero-order chi connectivity index (χ0) is 107. The third kappa shape index (κ3) is 39.9. The van der Waals surface area contributed by atoms with Crippen molar-refractivity contribution in [3.63, 3.8) is 0 Å². The van der Waals surface area contributed by atoms with E-state index in [1.54, 1.807) is 75.4 Å². The van der Waals surface area contributed by atoms with Crippen LogP contribution in [0.15, 0.2) is 167 Å². The molecule has 10 aromatic rings. The summed E-state index contributed by atoms with van der Waals surface area (Å²) >= 11 is 97.8. The van der Waals surface area contributed by atoms with Gasteiger partial charge < -0.3 is 76.2 Å². The largest absolute Gasteiger partial charge is 0.397 e. The zero-order valence-corrected chi connectivity index (χ0v) is 94.4. The number of hydrogen-bond donors (Lipinski definition) is 8. The van der Waals surface area contributed by atoms with Crippen molar-refractivity contribution in [2.45, 2.75) is 124 Å². The number of aromatic nitrogens is 6. The molecule has 50 heteroatoms. The highest BCUT2D eigenvalue weighted by Crippen LogP contribution is 2.43. The van der Waals surface area contributed by atoms with Gasteiger partial charge in [-0.25, -0.2) is 54.1 Å². The van der Waals surface area contributed by atoms with Crippen LogP contribution in [0.5, 0.6) is 0 Å². The summed E-state index contributed by atoms with van der Waals surface area (Å²) in [6.45, 7) is 30.1. The second kappa shape index (κ2) is 63.5. The van der Waals surface area contributed by atoms with Gasteiger partial charge in [0.1, 0.15) is 0 Å². The molecule has 2 saturated heterocycles. The van der Waals surface area contributed by atoms with Crippen LogP contribution in [-0.2, 0) is 15.6 Å². The minimum atomic E-state index is -1.67. The maximum Gasteiger partial charge on any atom is 0.211 e. The van der Waals surface area contributed by atoms with E-state index < -0.39 is 13.5 Å². The van der Waals surface area contributed by atoms with E-state index in [1.807, 2.05) is 86.6 Å². The molecule has 10 aliphatic rings. The third-order valence-electron chi connectivity index (χ3n) is 20.4. The predicted octanol–water partition coefficient (Wildman–Crippen LogP) is 24.7. The number of nitrogens with two attached hydrogens (primary N) is 1. The van der Waals surface area contributed by atoms with E-state index in [0.717, 1.165) is 156 Å². The van der Waals surface area contributed by atoms with Gasteiger partial charge in [-0.1, -0.05) is 219 Å². The molecule has 2 fully saturated rings. The summed E-state index contributed by atoms with van der Waals surface area (Å²) in [5.74, 6) is 4.87. The summed E-state index contributed by atoms with van der Waals surface area (Å²) in [6, 6.07) is 39.2. The Morgan fingerprint density at radius 3 is 1.12 bits per heavy atom. The average molecular weight is 2400 g/mol. The van der Waals surface area contributed by atoms with Gasteiger partial charge in [-0.3, -0.25) is 20.0 Å². The first-order valence-corrected chi connectivity index (χ1v) is 53.8. The first-order chi connectivity index (χ1) is 68.9. The van der Waals surface area contributed by atoms with E-state index in [9.17, 15) is 0 Å².